The van der Waals surface area contributed by atoms with E-state index in [0.717, 1.165) is 31.2 Å². The molecule has 7 nitrogen and oxygen atoms in total. The van der Waals surface area contributed by atoms with Gasteiger partial charge in [-0.15, -0.1) is 0 Å². The highest BCUT2D eigenvalue weighted by Crippen LogP contribution is 2.38. The first-order chi connectivity index (χ1) is 13.4. The van der Waals surface area contributed by atoms with Crippen molar-refractivity contribution in [1.82, 2.24) is 10.3 Å². The van der Waals surface area contributed by atoms with Crippen LogP contribution in [0.5, 0.6) is 11.5 Å². The van der Waals surface area contributed by atoms with E-state index in [1.807, 2.05) is 6.07 Å². The number of benzene rings is 1. The molecule has 0 saturated carbocycles. The van der Waals surface area contributed by atoms with Crippen LogP contribution >= 0.6 is 11.6 Å². The third-order valence-corrected chi connectivity index (χ3v) is 4.56. The number of amides is 1. The molecule has 1 aromatic heterocycles. The molecule has 1 heterocycles. The van der Waals surface area contributed by atoms with Crippen molar-refractivity contribution in [2.75, 3.05) is 13.2 Å². The summed E-state index contributed by atoms with van der Waals surface area (Å²) in [5.74, 6) is -1.67. The van der Waals surface area contributed by atoms with Crippen molar-refractivity contribution in [3.63, 3.8) is 0 Å². The minimum absolute atomic E-state index is 0.0481. The smallest absolute Gasteiger partial charge is 0.322 e. The average Bonchev–Trinajstić information content (AvgIpc) is 2.67. The van der Waals surface area contributed by atoms with E-state index >= 15 is 0 Å². The molecule has 0 bridgehead atoms. The second-order valence-electron chi connectivity index (χ2n) is 6.49. The summed E-state index contributed by atoms with van der Waals surface area (Å²) in [6.45, 7) is 4.12. The molecule has 0 atom stereocenters. The van der Waals surface area contributed by atoms with Gasteiger partial charge in [-0.25, -0.2) is 4.98 Å². The van der Waals surface area contributed by atoms with Crippen molar-refractivity contribution in [2.45, 2.75) is 46.0 Å². The SMILES string of the molecule is CCCCOc1cc(CCCC)c2c(O)c(C(=O)NCC(=O)O)nc(Cl)c2c1. The highest BCUT2D eigenvalue weighted by molar-refractivity contribution is 6.35. The van der Waals surface area contributed by atoms with Crippen molar-refractivity contribution in [1.29, 1.82) is 0 Å². The number of carbonyl (C=O) groups excluding carboxylic acids is 1. The van der Waals surface area contributed by atoms with Gasteiger partial charge in [0.2, 0.25) is 0 Å². The monoisotopic (exact) mass is 408 g/mol. The van der Waals surface area contributed by atoms with Crippen LogP contribution in [-0.4, -0.2) is 40.2 Å². The van der Waals surface area contributed by atoms with E-state index in [9.17, 15) is 14.7 Å². The molecule has 1 aromatic carbocycles. The third kappa shape index (κ3) is 5.25. The number of carbonyl (C=O) groups is 2. The number of pyridine rings is 1. The fourth-order valence-corrected chi connectivity index (χ4v) is 3.06. The summed E-state index contributed by atoms with van der Waals surface area (Å²) in [5.41, 5.74) is 0.510. The number of hydrogen-bond acceptors (Lipinski definition) is 5. The van der Waals surface area contributed by atoms with E-state index in [1.54, 1.807) is 6.07 Å². The van der Waals surface area contributed by atoms with Crippen molar-refractivity contribution < 1.29 is 24.5 Å². The first-order valence-corrected chi connectivity index (χ1v) is 9.74. The number of rotatable bonds is 10. The van der Waals surface area contributed by atoms with Crippen molar-refractivity contribution in [2.24, 2.45) is 0 Å². The Balaban J connectivity index is 2.54. The van der Waals surface area contributed by atoms with Gasteiger partial charge in [-0.05, 0) is 37.0 Å². The molecule has 1 amide bonds. The maximum absolute atomic E-state index is 12.3. The molecule has 0 aliphatic heterocycles. The average molecular weight is 409 g/mol. The lowest BCUT2D eigenvalue weighted by atomic mass is 9.99. The number of nitrogens with zero attached hydrogens (tertiary/aromatic N) is 1. The molecule has 0 fully saturated rings. The Morgan fingerprint density at radius 1 is 1.21 bits per heavy atom. The summed E-state index contributed by atoms with van der Waals surface area (Å²) in [6.07, 6.45) is 4.43. The molecule has 2 aromatic rings. The number of aliphatic carboxylic acids is 1. The standard InChI is InChI=1S/C20H25ClN2O5/c1-3-5-7-12-9-13(28-8-6-4-2)10-14-16(12)18(26)17(23-19(14)21)20(27)22-11-15(24)25/h9-10,26H,3-8,11H2,1-2H3,(H,22,27)(H,24,25). The molecule has 0 aliphatic carbocycles. The Morgan fingerprint density at radius 3 is 2.57 bits per heavy atom. The quantitative estimate of drug-likeness (QED) is 0.406. The number of aromatic nitrogens is 1. The highest BCUT2D eigenvalue weighted by Gasteiger charge is 2.22. The fraction of sp³-hybridized carbons (Fsp3) is 0.450. The summed E-state index contributed by atoms with van der Waals surface area (Å²) in [6, 6.07) is 3.55. The van der Waals surface area contributed by atoms with E-state index in [2.05, 4.69) is 24.1 Å². The Morgan fingerprint density at radius 2 is 1.93 bits per heavy atom. The Hall–Kier alpha value is -2.54. The van der Waals surface area contributed by atoms with E-state index in [1.165, 1.54) is 0 Å². The van der Waals surface area contributed by atoms with Gasteiger partial charge in [-0.2, -0.15) is 0 Å². The maximum Gasteiger partial charge on any atom is 0.322 e. The first-order valence-electron chi connectivity index (χ1n) is 9.36. The zero-order valence-corrected chi connectivity index (χ0v) is 16.8. The zero-order chi connectivity index (χ0) is 20.7. The third-order valence-electron chi connectivity index (χ3n) is 4.27. The molecule has 152 valence electrons. The molecule has 0 spiro atoms. The number of fused-ring (bicyclic) bond motifs is 1. The van der Waals surface area contributed by atoms with Gasteiger partial charge < -0.3 is 20.3 Å². The minimum Gasteiger partial charge on any atom is -0.505 e. The van der Waals surface area contributed by atoms with Crippen LogP contribution in [0.4, 0.5) is 0 Å². The van der Waals surface area contributed by atoms with Gasteiger partial charge >= 0.3 is 5.97 Å². The van der Waals surface area contributed by atoms with Crippen LogP contribution in [0.2, 0.25) is 5.15 Å². The summed E-state index contributed by atoms with van der Waals surface area (Å²) in [4.78, 5) is 26.9. The molecule has 3 N–H and O–H groups in total. The molecule has 0 unspecified atom stereocenters. The van der Waals surface area contributed by atoms with Crippen molar-refractivity contribution >= 4 is 34.2 Å². The number of aromatic hydroxyl groups is 1. The molecule has 0 saturated heterocycles. The van der Waals surface area contributed by atoms with Gasteiger partial charge in [0.15, 0.2) is 11.4 Å². The number of hydrogen-bond donors (Lipinski definition) is 3. The number of nitrogens with one attached hydrogen (secondary N) is 1. The molecule has 28 heavy (non-hydrogen) atoms. The fourth-order valence-electron chi connectivity index (χ4n) is 2.83. The number of aryl methyl sites for hydroxylation is 1. The van der Waals surface area contributed by atoms with E-state index in [4.69, 9.17) is 21.4 Å². The second kappa shape index (κ2) is 10.1. The second-order valence-corrected chi connectivity index (χ2v) is 6.84. The maximum atomic E-state index is 12.3. The minimum atomic E-state index is -1.20. The summed E-state index contributed by atoms with van der Waals surface area (Å²) in [5, 5.41) is 22.6. The lowest BCUT2D eigenvalue weighted by Crippen LogP contribution is -2.30. The lowest BCUT2D eigenvalue weighted by molar-refractivity contribution is -0.135. The van der Waals surface area contributed by atoms with E-state index < -0.39 is 18.4 Å². The lowest BCUT2D eigenvalue weighted by Gasteiger charge is -2.15. The van der Waals surface area contributed by atoms with Gasteiger partial charge in [-0.1, -0.05) is 38.3 Å². The molecule has 0 aliphatic rings. The van der Waals surface area contributed by atoms with E-state index in [0.29, 0.717) is 29.5 Å². The van der Waals surface area contributed by atoms with Crippen LogP contribution in [0.1, 0.15) is 55.6 Å². The summed E-state index contributed by atoms with van der Waals surface area (Å²) >= 11 is 6.31. The number of ether oxygens (including phenoxy) is 1. The van der Waals surface area contributed by atoms with E-state index in [-0.39, 0.29) is 16.6 Å². The van der Waals surface area contributed by atoms with Crippen LogP contribution in [0.25, 0.3) is 10.8 Å². The highest BCUT2D eigenvalue weighted by atomic mass is 35.5. The number of carboxylic acid groups (broad SMARTS) is 1. The van der Waals surface area contributed by atoms with Gasteiger partial charge in [0.05, 0.1) is 6.61 Å². The number of unbranched alkanes of at least 4 members (excludes halogenated alkanes) is 2. The van der Waals surface area contributed by atoms with Gasteiger partial charge in [0, 0.05) is 10.8 Å². The van der Waals surface area contributed by atoms with Crippen LogP contribution in [-0.2, 0) is 11.2 Å². The number of halogens is 1. The normalized spacial score (nSPS) is 10.8. The van der Waals surface area contributed by atoms with Gasteiger partial charge in [0.1, 0.15) is 17.4 Å². The van der Waals surface area contributed by atoms with Gasteiger partial charge in [0.25, 0.3) is 5.91 Å². The van der Waals surface area contributed by atoms with Crippen LogP contribution in [0.15, 0.2) is 12.1 Å². The Bertz CT molecular complexity index is 870. The zero-order valence-electron chi connectivity index (χ0n) is 16.0. The van der Waals surface area contributed by atoms with Crippen LogP contribution in [0, 0.1) is 0 Å². The predicted octanol–water partition coefficient (Wildman–Crippen LogP) is 3.93. The summed E-state index contributed by atoms with van der Waals surface area (Å²) < 4.78 is 5.80. The van der Waals surface area contributed by atoms with Crippen molar-refractivity contribution in [3.05, 3.63) is 28.5 Å². The Labute approximate surface area is 168 Å². The molecular weight excluding hydrogens is 384 g/mol. The Kier molecular flexibility index (Phi) is 7.87. The van der Waals surface area contributed by atoms with Crippen molar-refractivity contribution in [3.8, 4) is 11.5 Å². The molecule has 0 radical (unpaired) electrons. The van der Waals surface area contributed by atoms with Crippen LogP contribution in [0.3, 0.4) is 0 Å². The summed E-state index contributed by atoms with van der Waals surface area (Å²) in [7, 11) is 0. The number of carboxylic acids is 1. The predicted molar refractivity (Wildman–Crippen MR) is 107 cm³/mol. The molecule has 2 rings (SSSR count). The van der Waals surface area contributed by atoms with Crippen LogP contribution < -0.4 is 10.1 Å². The van der Waals surface area contributed by atoms with Gasteiger partial charge in [-0.3, -0.25) is 9.59 Å². The molecule has 8 heteroatoms. The topological polar surface area (TPSA) is 109 Å². The first kappa shape index (κ1) is 21.8. The largest absolute Gasteiger partial charge is 0.505 e. The molecular formula is C20H25ClN2O5.